The number of fused-ring (bicyclic) bond motifs is 1. The van der Waals surface area contributed by atoms with Gasteiger partial charge in [0.05, 0.1) is 19.2 Å². The van der Waals surface area contributed by atoms with Crippen LogP contribution in [0.15, 0.2) is 62.7 Å². The first-order chi connectivity index (χ1) is 14.0. The van der Waals surface area contributed by atoms with Gasteiger partial charge in [-0.05, 0) is 41.8 Å². The SMILES string of the molecule is COC(=O)C1=NC(c2ccc(Cl)cc2)C(c2cc(=O)oc3cc(C)ccc23)NN1. The van der Waals surface area contributed by atoms with Gasteiger partial charge in [0, 0.05) is 16.5 Å². The number of halogens is 1. The summed E-state index contributed by atoms with van der Waals surface area (Å²) in [4.78, 5) is 28.8. The summed E-state index contributed by atoms with van der Waals surface area (Å²) in [7, 11) is 1.29. The Morgan fingerprint density at radius 3 is 2.66 bits per heavy atom. The number of methoxy groups -OCH3 is 1. The normalized spacial score (nSPS) is 18.8. The van der Waals surface area contributed by atoms with Crippen LogP contribution in [0.1, 0.15) is 28.8 Å². The van der Waals surface area contributed by atoms with Crippen molar-refractivity contribution in [2.24, 2.45) is 4.99 Å². The molecule has 4 rings (SSSR count). The number of aliphatic imine (C=N–C) groups is 1. The summed E-state index contributed by atoms with van der Waals surface area (Å²) < 4.78 is 10.2. The molecule has 2 atom stereocenters. The van der Waals surface area contributed by atoms with Gasteiger partial charge in [0.2, 0.25) is 5.84 Å². The highest BCUT2D eigenvalue weighted by atomic mass is 35.5. The molecule has 0 amide bonds. The van der Waals surface area contributed by atoms with Crippen LogP contribution in [0.4, 0.5) is 0 Å². The number of rotatable bonds is 3. The number of aryl methyl sites for hydroxylation is 1. The minimum atomic E-state index is -0.594. The van der Waals surface area contributed by atoms with Crippen LogP contribution in [0.25, 0.3) is 11.0 Å². The van der Waals surface area contributed by atoms with E-state index in [-0.39, 0.29) is 5.84 Å². The van der Waals surface area contributed by atoms with E-state index in [9.17, 15) is 9.59 Å². The number of nitrogens with one attached hydrogen (secondary N) is 2. The zero-order chi connectivity index (χ0) is 20.5. The lowest BCUT2D eigenvalue weighted by Gasteiger charge is -2.31. The third-order valence-corrected chi connectivity index (χ3v) is 5.04. The smallest absolute Gasteiger partial charge is 0.374 e. The molecule has 0 saturated carbocycles. The van der Waals surface area contributed by atoms with Crippen LogP contribution in [-0.2, 0) is 9.53 Å². The average Bonchev–Trinajstić information content (AvgIpc) is 2.72. The first-order valence-electron chi connectivity index (χ1n) is 8.94. The second kappa shape index (κ2) is 7.69. The molecule has 0 saturated heterocycles. The van der Waals surface area contributed by atoms with Crippen LogP contribution in [0, 0.1) is 6.92 Å². The van der Waals surface area contributed by atoms with Gasteiger partial charge in [-0.1, -0.05) is 35.9 Å². The largest absolute Gasteiger partial charge is 0.463 e. The highest BCUT2D eigenvalue weighted by Gasteiger charge is 2.32. The lowest BCUT2D eigenvalue weighted by atomic mass is 9.91. The van der Waals surface area contributed by atoms with Crippen molar-refractivity contribution >= 4 is 34.4 Å². The lowest BCUT2D eigenvalue weighted by Crippen LogP contribution is -2.49. The summed E-state index contributed by atoms with van der Waals surface area (Å²) in [6.45, 7) is 1.93. The van der Waals surface area contributed by atoms with E-state index in [4.69, 9.17) is 20.8 Å². The molecule has 0 spiro atoms. The van der Waals surface area contributed by atoms with Gasteiger partial charge < -0.3 is 9.15 Å². The highest BCUT2D eigenvalue weighted by molar-refractivity contribution is 6.35. The standard InChI is InChI=1S/C21H18ClN3O4/c1-11-3-8-14-15(10-17(26)29-16(14)9-11)19-18(12-4-6-13(22)7-5-12)23-20(25-24-19)21(27)28-2/h3-10,18-19,24H,1-2H3,(H,23,25). The zero-order valence-corrected chi connectivity index (χ0v) is 16.5. The lowest BCUT2D eigenvalue weighted by molar-refractivity contribution is -0.133. The molecule has 0 bridgehead atoms. The number of carbonyl (C=O) groups excluding carboxylic acids is 1. The quantitative estimate of drug-likeness (QED) is 0.507. The molecule has 7 nitrogen and oxygen atoms in total. The summed E-state index contributed by atoms with van der Waals surface area (Å²) in [6, 6.07) is 13.3. The van der Waals surface area contributed by atoms with Crippen molar-refractivity contribution < 1.29 is 13.9 Å². The third-order valence-electron chi connectivity index (χ3n) is 4.79. The molecule has 2 aromatic carbocycles. The Morgan fingerprint density at radius 1 is 1.17 bits per heavy atom. The molecule has 148 valence electrons. The van der Waals surface area contributed by atoms with Gasteiger partial charge in [-0.2, -0.15) is 0 Å². The maximum atomic E-state index is 12.2. The first kappa shape index (κ1) is 19.2. The van der Waals surface area contributed by atoms with E-state index in [1.807, 2.05) is 37.3 Å². The minimum Gasteiger partial charge on any atom is -0.463 e. The fourth-order valence-corrected chi connectivity index (χ4v) is 3.52. The average molecular weight is 412 g/mol. The molecule has 3 aromatic rings. The topological polar surface area (TPSA) is 92.9 Å². The Kier molecular flexibility index (Phi) is 5.08. The Bertz CT molecular complexity index is 1170. The molecular weight excluding hydrogens is 394 g/mol. The molecule has 1 aliphatic rings. The molecular formula is C21H18ClN3O4. The van der Waals surface area contributed by atoms with Crippen molar-refractivity contribution in [3.63, 3.8) is 0 Å². The predicted molar refractivity (Wildman–Crippen MR) is 110 cm³/mol. The van der Waals surface area contributed by atoms with E-state index in [2.05, 4.69) is 15.8 Å². The second-order valence-electron chi connectivity index (χ2n) is 6.73. The van der Waals surface area contributed by atoms with E-state index >= 15 is 0 Å². The monoisotopic (exact) mass is 411 g/mol. The number of esters is 1. The van der Waals surface area contributed by atoms with Gasteiger partial charge in [-0.25, -0.2) is 15.0 Å². The highest BCUT2D eigenvalue weighted by Crippen LogP contribution is 2.37. The number of hydrazine groups is 1. The molecule has 2 heterocycles. The number of hydrogen-bond donors (Lipinski definition) is 2. The van der Waals surface area contributed by atoms with Gasteiger partial charge in [0.1, 0.15) is 5.58 Å². The molecule has 29 heavy (non-hydrogen) atoms. The Balaban J connectivity index is 1.89. The van der Waals surface area contributed by atoms with Gasteiger partial charge >= 0.3 is 11.6 Å². The summed E-state index contributed by atoms with van der Waals surface area (Å²) in [5.74, 6) is -0.546. The van der Waals surface area contributed by atoms with Crippen LogP contribution < -0.4 is 16.5 Å². The van der Waals surface area contributed by atoms with Gasteiger partial charge in [-0.15, -0.1) is 0 Å². The fourth-order valence-electron chi connectivity index (χ4n) is 3.40. The van der Waals surface area contributed by atoms with Crippen LogP contribution in [0.5, 0.6) is 0 Å². The van der Waals surface area contributed by atoms with E-state index in [1.54, 1.807) is 12.1 Å². The third kappa shape index (κ3) is 3.74. The number of amidine groups is 1. The number of nitrogens with zero attached hydrogens (tertiary/aromatic N) is 1. The Morgan fingerprint density at radius 2 is 1.93 bits per heavy atom. The zero-order valence-electron chi connectivity index (χ0n) is 15.7. The molecule has 0 aliphatic carbocycles. The van der Waals surface area contributed by atoms with Crippen LogP contribution >= 0.6 is 11.6 Å². The molecule has 1 aromatic heterocycles. The van der Waals surface area contributed by atoms with Gasteiger partial charge in [0.25, 0.3) is 0 Å². The molecule has 1 aliphatic heterocycles. The van der Waals surface area contributed by atoms with E-state index in [0.29, 0.717) is 16.2 Å². The summed E-state index contributed by atoms with van der Waals surface area (Å²) in [6.07, 6.45) is 0. The first-order valence-corrected chi connectivity index (χ1v) is 9.31. The van der Waals surface area contributed by atoms with Crippen molar-refractivity contribution in [1.29, 1.82) is 0 Å². The molecule has 0 fully saturated rings. The maximum absolute atomic E-state index is 12.2. The van der Waals surface area contributed by atoms with E-state index in [0.717, 1.165) is 16.5 Å². The molecule has 2 N–H and O–H groups in total. The summed E-state index contributed by atoms with van der Waals surface area (Å²) in [5, 5.41) is 1.37. The van der Waals surface area contributed by atoms with Crippen LogP contribution in [0.2, 0.25) is 5.02 Å². The number of hydrogen-bond acceptors (Lipinski definition) is 7. The maximum Gasteiger partial charge on any atom is 0.374 e. The van der Waals surface area contributed by atoms with Gasteiger partial charge in [-0.3, -0.25) is 10.4 Å². The molecule has 2 unspecified atom stereocenters. The van der Waals surface area contributed by atoms with Crippen LogP contribution in [0.3, 0.4) is 0 Å². The van der Waals surface area contributed by atoms with E-state index < -0.39 is 23.7 Å². The fraction of sp³-hybridized carbons (Fsp3) is 0.190. The number of benzene rings is 2. The number of ether oxygens (including phenoxy) is 1. The summed E-state index contributed by atoms with van der Waals surface area (Å²) >= 11 is 6.03. The minimum absolute atomic E-state index is 0.0480. The molecule has 8 heteroatoms. The Hall–Kier alpha value is -3.16. The van der Waals surface area contributed by atoms with Crippen LogP contribution in [-0.4, -0.2) is 18.9 Å². The summed E-state index contributed by atoms with van der Waals surface area (Å²) in [5.41, 5.74) is 8.43. The van der Waals surface area contributed by atoms with E-state index in [1.165, 1.54) is 13.2 Å². The Labute approximate surface area is 171 Å². The van der Waals surface area contributed by atoms with Crippen molar-refractivity contribution in [2.45, 2.75) is 19.0 Å². The van der Waals surface area contributed by atoms with Crippen molar-refractivity contribution in [3.05, 3.63) is 80.7 Å². The van der Waals surface area contributed by atoms with Crippen molar-refractivity contribution in [1.82, 2.24) is 10.9 Å². The number of carbonyl (C=O) groups is 1. The second-order valence-corrected chi connectivity index (χ2v) is 7.17. The predicted octanol–water partition coefficient (Wildman–Crippen LogP) is 3.22. The van der Waals surface area contributed by atoms with Crippen molar-refractivity contribution in [3.8, 4) is 0 Å². The molecule has 0 radical (unpaired) electrons. The van der Waals surface area contributed by atoms with Gasteiger partial charge in [0.15, 0.2) is 0 Å². The van der Waals surface area contributed by atoms with Crippen molar-refractivity contribution in [2.75, 3.05) is 7.11 Å².